The van der Waals surface area contributed by atoms with E-state index in [0.29, 0.717) is 29.0 Å². The first-order valence-corrected chi connectivity index (χ1v) is 5.06. The van der Waals surface area contributed by atoms with Crippen molar-refractivity contribution in [1.82, 2.24) is 0 Å². The van der Waals surface area contributed by atoms with E-state index in [4.69, 9.17) is 0 Å². The van der Waals surface area contributed by atoms with E-state index < -0.39 is 0 Å². The highest BCUT2D eigenvalue weighted by atomic mass is 16.1. The molecule has 2 rings (SSSR count). The lowest BCUT2D eigenvalue weighted by atomic mass is 9.63. The molecule has 0 saturated heterocycles. The van der Waals surface area contributed by atoms with Crippen molar-refractivity contribution in [3.05, 3.63) is 0 Å². The highest BCUT2D eigenvalue weighted by Gasteiger charge is 2.51. The van der Waals surface area contributed by atoms with Crippen LogP contribution in [-0.2, 0) is 4.79 Å². The Morgan fingerprint density at radius 2 is 2.00 bits per heavy atom. The molecule has 2 bridgehead atoms. The van der Waals surface area contributed by atoms with Gasteiger partial charge in [0.2, 0.25) is 0 Å². The quantitative estimate of drug-likeness (QED) is 0.540. The molecule has 2 saturated carbocycles. The van der Waals surface area contributed by atoms with Gasteiger partial charge in [-0.25, -0.2) is 0 Å². The number of fused-ring (bicyclic) bond motifs is 2. The molecule has 2 aliphatic rings. The van der Waals surface area contributed by atoms with Gasteiger partial charge in [0.05, 0.1) is 0 Å². The SMILES string of the molecule is C[C@H]1C(=O)C[C@H]2CC[C@@H]1C2(C)C. The summed E-state index contributed by atoms with van der Waals surface area (Å²) in [5, 5.41) is 0. The van der Waals surface area contributed by atoms with Crippen LogP contribution in [0.2, 0.25) is 0 Å². The Morgan fingerprint density at radius 1 is 1.33 bits per heavy atom. The number of rotatable bonds is 0. The molecule has 0 aromatic heterocycles. The van der Waals surface area contributed by atoms with Crippen molar-refractivity contribution in [1.29, 1.82) is 0 Å². The standard InChI is InChI=1S/C11H18O/c1-7-9-5-4-8(6-10(7)12)11(9,2)3/h7-9H,4-6H2,1-3H3/t7-,8-,9+/m1/s1. The van der Waals surface area contributed by atoms with E-state index in [0.717, 1.165) is 6.42 Å². The van der Waals surface area contributed by atoms with Crippen LogP contribution in [0, 0.1) is 23.2 Å². The van der Waals surface area contributed by atoms with E-state index in [1.165, 1.54) is 12.8 Å². The van der Waals surface area contributed by atoms with Crippen molar-refractivity contribution in [2.75, 3.05) is 0 Å². The van der Waals surface area contributed by atoms with Crippen molar-refractivity contribution >= 4 is 5.78 Å². The van der Waals surface area contributed by atoms with Gasteiger partial charge in [-0.1, -0.05) is 20.8 Å². The average molecular weight is 166 g/mol. The number of carbonyl (C=O) groups excluding carboxylic acids is 1. The van der Waals surface area contributed by atoms with Gasteiger partial charge in [-0.05, 0) is 30.1 Å². The maximum absolute atomic E-state index is 11.5. The molecule has 3 atom stereocenters. The molecule has 12 heavy (non-hydrogen) atoms. The Morgan fingerprint density at radius 3 is 2.67 bits per heavy atom. The van der Waals surface area contributed by atoms with Gasteiger partial charge in [-0.2, -0.15) is 0 Å². The second-order valence-corrected chi connectivity index (χ2v) is 5.16. The highest BCUT2D eigenvalue weighted by molar-refractivity contribution is 5.82. The first-order valence-electron chi connectivity index (χ1n) is 5.06. The fourth-order valence-electron chi connectivity index (χ4n) is 3.34. The molecule has 68 valence electrons. The second kappa shape index (κ2) is 2.34. The maximum atomic E-state index is 11.5. The summed E-state index contributed by atoms with van der Waals surface area (Å²) in [5.74, 6) is 2.20. The van der Waals surface area contributed by atoms with Crippen LogP contribution >= 0.6 is 0 Å². The summed E-state index contributed by atoms with van der Waals surface area (Å²) < 4.78 is 0. The molecule has 2 aliphatic carbocycles. The van der Waals surface area contributed by atoms with Crippen LogP contribution in [0.15, 0.2) is 0 Å². The first kappa shape index (κ1) is 8.28. The van der Waals surface area contributed by atoms with E-state index in [1.807, 2.05) is 0 Å². The fraction of sp³-hybridized carbons (Fsp3) is 0.909. The van der Waals surface area contributed by atoms with Crippen LogP contribution in [0.3, 0.4) is 0 Å². The first-order chi connectivity index (χ1) is 5.53. The van der Waals surface area contributed by atoms with E-state index in [2.05, 4.69) is 20.8 Å². The summed E-state index contributed by atoms with van der Waals surface area (Å²) >= 11 is 0. The lowest BCUT2D eigenvalue weighted by Crippen LogP contribution is -2.39. The van der Waals surface area contributed by atoms with Crippen LogP contribution < -0.4 is 0 Å². The molecule has 2 fully saturated rings. The number of carbonyl (C=O) groups is 1. The van der Waals surface area contributed by atoms with Crippen molar-refractivity contribution in [3.63, 3.8) is 0 Å². The van der Waals surface area contributed by atoms with Crippen molar-refractivity contribution in [2.45, 2.75) is 40.0 Å². The fourth-order valence-corrected chi connectivity index (χ4v) is 3.34. The van der Waals surface area contributed by atoms with Gasteiger partial charge < -0.3 is 0 Å². The van der Waals surface area contributed by atoms with Crippen molar-refractivity contribution in [2.24, 2.45) is 23.2 Å². The second-order valence-electron chi connectivity index (χ2n) is 5.16. The van der Waals surface area contributed by atoms with Gasteiger partial charge in [0, 0.05) is 12.3 Å². The van der Waals surface area contributed by atoms with E-state index in [9.17, 15) is 4.79 Å². The molecule has 0 radical (unpaired) electrons. The smallest absolute Gasteiger partial charge is 0.136 e. The maximum Gasteiger partial charge on any atom is 0.136 e. The lowest BCUT2D eigenvalue weighted by Gasteiger charge is -2.40. The summed E-state index contributed by atoms with van der Waals surface area (Å²) in [6, 6.07) is 0. The van der Waals surface area contributed by atoms with Gasteiger partial charge in [0.1, 0.15) is 5.78 Å². The molecule has 0 amide bonds. The van der Waals surface area contributed by atoms with Gasteiger partial charge in [0.15, 0.2) is 0 Å². The molecule has 1 nitrogen and oxygen atoms in total. The molecular formula is C11H18O. The molecule has 0 N–H and O–H groups in total. The minimum Gasteiger partial charge on any atom is -0.299 e. The third-order valence-corrected chi connectivity index (χ3v) is 4.39. The third kappa shape index (κ3) is 0.884. The zero-order valence-corrected chi connectivity index (χ0v) is 8.26. The highest BCUT2D eigenvalue weighted by Crippen LogP contribution is 2.55. The van der Waals surface area contributed by atoms with Gasteiger partial charge >= 0.3 is 0 Å². The third-order valence-electron chi connectivity index (χ3n) is 4.39. The molecule has 0 heterocycles. The lowest BCUT2D eigenvalue weighted by molar-refractivity contribution is -0.130. The van der Waals surface area contributed by atoms with Gasteiger partial charge in [0.25, 0.3) is 0 Å². The zero-order chi connectivity index (χ0) is 8.93. The minimum absolute atomic E-state index is 0.332. The predicted molar refractivity (Wildman–Crippen MR) is 48.8 cm³/mol. The predicted octanol–water partition coefficient (Wildman–Crippen LogP) is 2.65. The Balaban J connectivity index is 2.31. The normalized spacial score (nSPS) is 44.9. The van der Waals surface area contributed by atoms with Gasteiger partial charge in [-0.15, -0.1) is 0 Å². The van der Waals surface area contributed by atoms with Crippen LogP contribution in [0.25, 0.3) is 0 Å². The van der Waals surface area contributed by atoms with Crippen molar-refractivity contribution in [3.8, 4) is 0 Å². The van der Waals surface area contributed by atoms with Gasteiger partial charge in [-0.3, -0.25) is 4.79 Å². The van der Waals surface area contributed by atoms with E-state index >= 15 is 0 Å². The molecular weight excluding hydrogens is 148 g/mol. The van der Waals surface area contributed by atoms with Crippen LogP contribution in [0.5, 0.6) is 0 Å². The largest absolute Gasteiger partial charge is 0.299 e. The Labute approximate surface area is 74.5 Å². The Hall–Kier alpha value is -0.330. The molecule has 0 aliphatic heterocycles. The Bertz CT molecular complexity index is 217. The van der Waals surface area contributed by atoms with Crippen LogP contribution in [0.4, 0.5) is 0 Å². The molecule has 1 heteroatoms. The average Bonchev–Trinajstić information content (AvgIpc) is 2.14. The number of hydrogen-bond acceptors (Lipinski definition) is 1. The summed E-state index contributed by atoms with van der Waals surface area (Å²) in [6.45, 7) is 6.81. The van der Waals surface area contributed by atoms with E-state index in [1.54, 1.807) is 0 Å². The summed E-state index contributed by atoms with van der Waals surface area (Å²) in [7, 11) is 0. The molecule has 0 spiro atoms. The summed E-state index contributed by atoms with van der Waals surface area (Å²) in [6.07, 6.45) is 3.42. The summed E-state index contributed by atoms with van der Waals surface area (Å²) in [5.41, 5.74) is 0.438. The topological polar surface area (TPSA) is 17.1 Å². The number of ketones is 1. The molecule has 0 aromatic rings. The van der Waals surface area contributed by atoms with E-state index in [-0.39, 0.29) is 0 Å². The van der Waals surface area contributed by atoms with Crippen molar-refractivity contribution < 1.29 is 4.79 Å². The number of Topliss-reactive ketones (excluding diaryl/α,β-unsaturated/α-hetero) is 1. The minimum atomic E-state index is 0.332. The number of hydrogen-bond donors (Lipinski definition) is 0. The van der Waals surface area contributed by atoms with Crippen LogP contribution in [-0.4, -0.2) is 5.78 Å². The molecule has 0 aromatic carbocycles. The molecule has 0 unspecified atom stereocenters. The zero-order valence-electron chi connectivity index (χ0n) is 8.26. The monoisotopic (exact) mass is 166 g/mol. The van der Waals surface area contributed by atoms with Crippen LogP contribution in [0.1, 0.15) is 40.0 Å². The summed E-state index contributed by atoms with van der Waals surface area (Å²) in [4.78, 5) is 11.5. The Kier molecular flexibility index (Phi) is 1.61.